The second-order valence-corrected chi connectivity index (χ2v) is 11.5. The van der Waals surface area contributed by atoms with E-state index in [1.54, 1.807) is 6.92 Å². The first-order valence-electron chi connectivity index (χ1n) is 14.0. The van der Waals surface area contributed by atoms with Gasteiger partial charge in [0.2, 0.25) is 0 Å². The Bertz CT molecular complexity index is 1700. The Balaban J connectivity index is 1.14. The number of rotatable bonds is 6. The number of pyridine rings is 2. The van der Waals surface area contributed by atoms with Crippen LogP contribution in [0.2, 0.25) is 0 Å². The van der Waals surface area contributed by atoms with E-state index in [9.17, 15) is 22.0 Å². The molecule has 1 saturated heterocycles. The SMILES string of the molecule is Cc1cc(OC(F)F)c2cc(N3CCC4(C=C(c5c(-c6cccnc6C(F)(F)F)noc5C5CC5)C4)CC3)ccc2n1. The first-order valence-corrected chi connectivity index (χ1v) is 14.0. The van der Waals surface area contributed by atoms with Crippen LogP contribution in [-0.4, -0.2) is 34.8 Å². The second kappa shape index (κ2) is 9.78. The number of piperidine rings is 1. The van der Waals surface area contributed by atoms with Crippen LogP contribution < -0.4 is 9.64 Å². The van der Waals surface area contributed by atoms with Crippen molar-refractivity contribution in [2.24, 2.45) is 5.41 Å². The normalized spacial score (nSPS) is 18.5. The van der Waals surface area contributed by atoms with Gasteiger partial charge in [0.05, 0.1) is 5.52 Å². The molecule has 1 aliphatic heterocycles. The zero-order chi connectivity index (χ0) is 29.2. The van der Waals surface area contributed by atoms with Gasteiger partial charge in [-0.05, 0) is 80.3 Å². The molecule has 1 saturated carbocycles. The fraction of sp³-hybridized carbons (Fsp3) is 0.387. The topological polar surface area (TPSA) is 64.3 Å². The first kappa shape index (κ1) is 26.9. The summed E-state index contributed by atoms with van der Waals surface area (Å²) in [5, 5.41) is 4.67. The molecule has 0 N–H and O–H groups in total. The highest BCUT2D eigenvalue weighted by molar-refractivity contribution is 5.89. The third-order valence-corrected chi connectivity index (χ3v) is 8.56. The summed E-state index contributed by atoms with van der Waals surface area (Å²) in [6.45, 7) is 0.287. The molecule has 7 rings (SSSR count). The number of nitrogens with zero attached hydrogens (tertiary/aromatic N) is 4. The molecular formula is C31H27F5N4O2. The van der Waals surface area contributed by atoms with Crippen molar-refractivity contribution in [3.63, 3.8) is 0 Å². The van der Waals surface area contributed by atoms with Crippen molar-refractivity contribution in [1.29, 1.82) is 0 Å². The van der Waals surface area contributed by atoms with Gasteiger partial charge in [0, 0.05) is 59.2 Å². The number of fused-ring (bicyclic) bond motifs is 1. The summed E-state index contributed by atoms with van der Waals surface area (Å²) in [6.07, 6.45) is 3.00. The minimum absolute atomic E-state index is 0.0662. The number of allylic oxidation sites excluding steroid dienone is 2. The summed E-state index contributed by atoms with van der Waals surface area (Å²) < 4.78 is 77.9. The lowest BCUT2D eigenvalue weighted by molar-refractivity contribution is -0.140. The van der Waals surface area contributed by atoms with Gasteiger partial charge in [0.15, 0.2) is 5.69 Å². The summed E-state index contributed by atoms with van der Waals surface area (Å²) in [5.74, 6) is 0.951. The molecule has 11 heteroatoms. The van der Waals surface area contributed by atoms with E-state index in [2.05, 4.69) is 26.1 Å². The van der Waals surface area contributed by atoms with Gasteiger partial charge >= 0.3 is 12.8 Å². The fourth-order valence-corrected chi connectivity index (χ4v) is 6.35. The van der Waals surface area contributed by atoms with Crippen LogP contribution >= 0.6 is 0 Å². The Morgan fingerprint density at radius 3 is 2.55 bits per heavy atom. The van der Waals surface area contributed by atoms with E-state index in [1.165, 1.54) is 18.2 Å². The van der Waals surface area contributed by atoms with Gasteiger partial charge < -0.3 is 14.2 Å². The van der Waals surface area contributed by atoms with Crippen molar-refractivity contribution < 1.29 is 31.2 Å². The number of hydrogen-bond acceptors (Lipinski definition) is 6. The van der Waals surface area contributed by atoms with Gasteiger partial charge in [0.1, 0.15) is 17.2 Å². The van der Waals surface area contributed by atoms with E-state index >= 15 is 0 Å². The number of ether oxygens (including phenoxy) is 1. The number of anilines is 1. The zero-order valence-electron chi connectivity index (χ0n) is 22.7. The van der Waals surface area contributed by atoms with Crippen LogP contribution in [0.25, 0.3) is 27.7 Å². The lowest BCUT2D eigenvalue weighted by atomic mass is 9.63. The number of aryl methyl sites for hydroxylation is 1. The first-order chi connectivity index (χ1) is 20.1. The van der Waals surface area contributed by atoms with Crippen LogP contribution in [0.3, 0.4) is 0 Å². The van der Waals surface area contributed by atoms with E-state index in [0.29, 0.717) is 27.9 Å². The molecule has 4 heterocycles. The van der Waals surface area contributed by atoms with E-state index in [4.69, 9.17) is 9.26 Å². The number of halogens is 5. The monoisotopic (exact) mass is 582 g/mol. The predicted molar refractivity (Wildman–Crippen MR) is 146 cm³/mol. The summed E-state index contributed by atoms with van der Waals surface area (Å²) in [5.41, 5.74) is 2.85. The number of hydrogen-bond donors (Lipinski definition) is 0. The maximum absolute atomic E-state index is 13.8. The molecule has 0 radical (unpaired) electrons. The molecule has 0 bridgehead atoms. The maximum atomic E-state index is 13.8. The van der Waals surface area contributed by atoms with E-state index in [0.717, 1.165) is 62.7 Å². The summed E-state index contributed by atoms with van der Waals surface area (Å²) in [7, 11) is 0. The average molecular weight is 583 g/mol. The van der Waals surface area contributed by atoms with Crippen molar-refractivity contribution in [3.8, 4) is 17.0 Å². The Morgan fingerprint density at radius 1 is 1.10 bits per heavy atom. The molecule has 4 aromatic rings. The van der Waals surface area contributed by atoms with Gasteiger partial charge in [-0.15, -0.1) is 0 Å². The molecule has 1 aromatic carbocycles. The van der Waals surface area contributed by atoms with Gasteiger partial charge in [-0.3, -0.25) is 9.97 Å². The number of benzene rings is 1. The molecule has 218 valence electrons. The van der Waals surface area contributed by atoms with Gasteiger partial charge in [-0.1, -0.05) is 11.2 Å². The fourth-order valence-electron chi connectivity index (χ4n) is 6.35. The molecule has 3 aromatic heterocycles. The predicted octanol–water partition coefficient (Wildman–Crippen LogP) is 8.16. The highest BCUT2D eigenvalue weighted by atomic mass is 19.4. The van der Waals surface area contributed by atoms with Crippen molar-refractivity contribution in [2.75, 3.05) is 18.0 Å². The highest BCUT2D eigenvalue weighted by Crippen LogP contribution is 2.56. The van der Waals surface area contributed by atoms with Crippen molar-refractivity contribution in [2.45, 2.75) is 57.7 Å². The molecule has 6 nitrogen and oxygen atoms in total. The van der Waals surface area contributed by atoms with Crippen molar-refractivity contribution in [1.82, 2.24) is 15.1 Å². The average Bonchev–Trinajstić information content (AvgIpc) is 3.69. The van der Waals surface area contributed by atoms with Crippen LogP contribution in [-0.2, 0) is 6.18 Å². The highest BCUT2D eigenvalue weighted by Gasteiger charge is 2.45. The Morgan fingerprint density at radius 2 is 1.86 bits per heavy atom. The largest absolute Gasteiger partial charge is 0.434 e. The Kier molecular flexibility index (Phi) is 6.25. The quantitative estimate of drug-likeness (QED) is 0.214. The second-order valence-electron chi connectivity index (χ2n) is 11.5. The molecule has 2 fully saturated rings. The molecule has 0 amide bonds. The lowest BCUT2D eigenvalue weighted by Gasteiger charge is -2.47. The van der Waals surface area contributed by atoms with Crippen molar-refractivity contribution >= 4 is 22.2 Å². The van der Waals surface area contributed by atoms with Crippen molar-refractivity contribution in [3.05, 3.63) is 71.4 Å². The molecule has 1 spiro atoms. The van der Waals surface area contributed by atoms with E-state index in [-0.39, 0.29) is 28.3 Å². The maximum Gasteiger partial charge on any atom is 0.434 e. The van der Waals surface area contributed by atoms with Gasteiger partial charge in [0.25, 0.3) is 0 Å². The minimum atomic E-state index is -4.61. The molecular weight excluding hydrogens is 555 g/mol. The Labute approximate surface area is 238 Å². The smallest absolute Gasteiger partial charge is 0.434 e. The molecule has 0 unspecified atom stereocenters. The number of alkyl halides is 5. The zero-order valence-corrected chi connectivity index (χ0v) is 22.7. The van der Waals surface area contributed by atoms with Crippen LogP contribution in [0.15, 0.2) is 53.2 Å². The molecule has 3 aliphatic rings. The summed E-state index contributed by atoms with van der Waals surface area (Å²) in [6, 6.07) is 10.0. The van der Waals surface area contributed by atoms with Gasteiger partial charge in [-0.25, -0.2) is 0 Å². The van der Waals surface area contributed by atoms with Crippen LogP contribution in [0, 0.1) is 12.3 Å². The lowest BCUT2D eigenvalue weighted by Crippen LogP contribution is -2.42. The third kappa shape index (κ3) is 4.78. The molecule has 42 heavy (non-hydrogen) atoms. The van der Waals surface area contributed by atoms with E-state index in [1.807, 2.05) is 18.2 Å². The molecule has 2 aliphatic carbocycles. The summed E-state index contributed by atoms with van der Waals surface area (Å²) in [4.78, 5) is 10.3. The third-order valence-electron chi connectivity index (χ3n) is 8.56. The Hall–Kier alpha value is -4.02. The summed E-state index contributed by atoms with van der Waals surface area (Å²) >= 11 is 0. The van der Waals surface area contributed by atoms with Crippen LogP contribution in [0.5, 0.6) is 5.75 Å². The van der Waals surface area contributed by atoms with Crippen LogP contribution in [0.4, 0.5) is 27.6 Å². The number of aromatic nitrogens is 3. The van der Waals surface area contributed by atoms with Gasteiger partial charge in [-0.2, -0.15) is 22.0 Å². The molecule has 0 atom stereocenters. The van der Waals surface area contributed by atoms with E-state index < -0.39 is 18.5 Å². The van der Waals surface area contributed by atoms with Crippen LogP contribution in [0.1, 0.15) is 60.7 Å². The minimum Gasteiger partial charge on any atom is -0.434 e. The standard InChI is InChI=1S/C31H27F5N4O2/c1-17-13-24(41-29(32)33)22-14-20(6-7-23(22)38-17)40-11-8-30(9-12-40)15-19(16-30)25-26(39-42-27(25)18-4-5-18)21-3-2-10-37-28(21)31(34,35)36/h2-3,6-7,10,13-15,18,29H,4-5,8-9,11-12,16H2,1H3.